The number of rotatable bonds is 4. The van der Waals surface area contributed by atoms with Crippen molar-refractivity contribution in [1.29, 1.82) is 0 Å². The second-order valence-corrected chi connectivity index (χ2v) is 6.99. The normalized spacial score (nSPS) is 11.6. The molecular weight excluding hydrogens is 441 g/mol. The highest BCUT2D eigenvalue weighted by Crippen LogP contribution is 2.27. The van der Waals surface area contributed by atoms with E-state index < -0.39 is 29.8 Å². The molecule has 0 bridgehead atoms. The van der Waals surface area contributed by atoms with Crippen LogP contribution in [0, 0.1) is 0 Å². The molecule has 2 heterocycles. The van der Waals surface area contributed by atoms with Crippen LogP contribution in [0.15, 0.2) is 46.6 Å². The van der Waals surface area contributed by atoms with E-state index in [1.54, 1.807) is 30.1 Å². The predicted octanol–water partition coefficient (Wildman–Crippen LogP) is 3.96. The van der Waals surface area contributed by atoms with Gasteiger partial charge in [-0.25, -0.2) is 4.98 Å². The highest BCUT2D eigenvalue weighted by molar-refractivity contribution is 9.10. The molecule has 0 unspecified atom stereocenters. The molecule has 2 aromatic heterocycles. The predicted molar refractivity (Wildman–Crippen MR) is 103 cm³/mol. The summed E-state index contributed by atoms with van der Waals surface area (Å²) < 4.78 is 41.1. The summed E-state index contributed by atoms with van der Waals surface area (Å²) in [7, 11) is 1.77. The van der Waals surface area contributed by atoms with Crippen LogP contribution in [0.4, 0.5) is 18.9 Å². The van der Waals surface area contributed by atoms with Crippen LogP contribution in [0.3, 0.4) is 0 Å². The van der Waals surface area contributed by atoms with Crippen LogP contribution < -0.4 is 10.9 Å². The molecule has 3 aromatic rings. The van der Waals surface area contributed by atoms with E-state index >= 15 is 0 Å². The number of aryl methyl sites for hydroxylation is 1. The van der Waals surface area contributed by atoms with Crippen LogP contribution in [-0.2, 0) is 13.6 Å². The minimum Gasteiger partial charge on any atom is -0.334 e. The molecule has 0 aliphatic heterocycles. The molecule has 0 spiro atoms. The smallest absolute Gasteiger partial charge is 0.334 e. The molecule has 0 saturated carbocycles. The molecule has 0 saturated heterocycles. The average molecular weight is 455 g/mol. The van der Waals surface area contributed by atoms with Crippen molar-refractivity contribution in [3.05, 3.63) is 63.3 Å². The number of imidazole rings is 1. The SMILES string of the molecule is C=Cc1cc(C(=O)Nc2cc(Br)cc3c2ncn3C)c(=O)n(CC(F)(F)F)c1. The van der Waals surface area contributed by atoms with E-state index in [0.29, 0.717) is 20.2 Å². The zero-order chi connectivity index (χ0) is 20.6. The molecule has 3 rings (SSSR count). The summed E-state index contributed by atoms with van der Waals surface area (Å²) in [5.74, 6) is -0.838. The van der Waals surface area contributed by atoms with Gasteiger partial charge < -0.3 is 14.5 Å². The van der Waals surface area contributed by atoms with Gasteiger partial charge in [-0.15, -0.1) is 0 Å². The van der Waals surface area contributed by atoms with Crippen molar-refractivity contribution < 1.29 is 18.0 Å². The lowest BCUT2D eigenvalue weighted by molar-refractivity contribution is -0.141. The third kappa shape index (κ3) is 4.01. The van der Waals surface area contributed by atoms with E-state index in [2.05, 4.69) is 32.8 Å². The molecule has 6 nitrogen and oxygen atoms in total. The lowest BCUT2D eigenvalue weighted by atomic mass is 10.1. The minimum atomic E-state index is -4.61. The summed E-state index contributed by atoms with van der Waals surface area (Å²) in [5, 5.41) is 2.56. The summed E-state index contributed by atoms with van der Waals surface area (Å²) in [6.45, 7) is 1.99. The van der Waals surface area contributed by atoms with Gasteiger partial charge in [0, 0.05) is 17.7 Å². The molecule has 0 radical (unpaired) electrons. The summed E-state index contributed by atoms with van der Waals surface area (Å²) in [5.41, 5.74) is 0.263. The molecule has 1 amide bonds. The number of aromatic nitrogens is 3. The molecule has 1 N–H and O–H groups in total. The van der Waals surface area contributed by atoms with Crippen LogP contribution in [0.2, 0.25) is 0 Å². The quantitative estimate of drug-likeness (QED) is 0.648. The molecule has 0 aliphatic rings. The number of alkyl halides is 3. The Hall–Kier alpha value is -2.88. The number of hydrogen-bond donors (Lipinski definition) is 1. The lowest BCUT2D eigenvalue weighted by Crippen LogP contribution is -2.33. The molecule has 0 fully saturated rings. The van der Waals surface area contributed by atoms with E-state index in [1.807, 2.05) is 0 Å². The summed E-state index contributed by atoms with van der Waals surface area (Å²) in [6, 6.07) is 4.59. The topological polar surface area (TPSA) is 68.9 Å². The van der Waals surface area contributed by atoms with Crippen LogP contribution in [0.5, 0.6) is 0 Å². The van der Waals surface area contributed by atoms with Gasteiger partial charge in [0.15, 0.2) is 0 Å². The molecule has 10 heteroatoms. The standard InChI is InChI=1S/C18H14BrF3N4O2/c1-3-10-4-12(17(28)26(7-10)8-18(20,21)22)16(27)24-13-5-11(19)6-14-15(13)23-9-25(14)2/h3-7,9H,1,8H2,2H3,(H,24,27). The largest absolute Gasteiger partial charge is 0.406 e. The Morgan fingerprint density at radius 2 is 2.07 bits per heavy atom. The fraction of sp³-hybridized carbons (Fsp3) is 0.167. The average Bonchev–Trinajstić information content (AvgIpc) is 2.96. The third-order valence-corrected chi connectivity index (χ3v) is 4.44. The lowest BCUT2D eigenvalue weighted by Gasteiger charge is -2.13. The molecule has 0 aliphatic carbocycles. The van der Waals surface area contributed by atoms with Crippen molar-refractivity contribution >= 4 is 44.6 Å². The van der Waals surface area contributed by atoms with Gasteiger partial charge in [-0.2, -0.15) is 13.2 Å². The van der Waals surface area contributed by atoms with E-state index in [4.69, 9.17) is 0 Å². The zero-order valence-electron chi connectivity index (χ0n) is 14.5. The maximum absolute atomic E-state index is 12.8. The van der Waals surface area contributed by atoms with Crippen molar-refractivity contribution in [2.45, 2.75) is 12.7 Å². The van der Waals surface area contributed by atoms with Gasteiger partial charge in [0.2, 0.25) is 0 Å². The number of fused-ring (bicyclic) bond motifs is 1. The first-order valence-corrected chi connectivity index (χ1v) is 8.74. The number of pyridine rings is 1. The molecule has 28 heavy (non-hydrogen) atoms. The molecular formula is C18H14BrF3N4O2. The first-order chi connectivity index (χ1) is 13.1. The first-order valence-electron chi connectivity index (χ1n) is 7.94. The molecule has 146 valence electrons. The van der Waals surface area contributed by atoms with Gasteiger partial charge in [-0.05, 0) is 23.8 Å². The van der Waals surface area contributed by atoms with E-state index in [9.17, 15) is 22.8 Å². The number of carbonyl (C=O) groups excluding carboxylic acids is 1. The Morgan fingerprint density at radius 3 is 2.71 bits per heavy atom. The van der Waals surface area contributed by atoms with Crippen molar-refractivity contribution in [2.75, 3.05) is 5.32 Å². The van der Waals surface area contributed by atoms with Gasteiger partial charge in [0.25, 0.3) is 11.5 Å². The molecule has 0 atom stereocenters. The summed E-state index contributed by atoms with van der Waals surface area (Å²) >= 11 is 3.33. The number of nitrogens with one attached hydrogen (secondary N) is 1. The zero-order valence-corrected chi connectivity index (χ0v) is 16.1. The highest BCUT2D eigenvalue weighted by atomic mass is 79.9. The summed E-state index contributed by atoms with van der Waals surface area (Å²) in [6.07, 6.45) is -0.780. The fourth-order valence-electron chi connectivity index (χ4n) is 2.72. The first kappa shape index (κ1) is 19.9. The Labute approximate surface area is 165 Å². The number of anilines is 1. The Balaban J connectivity index is 2.05. The van der Waals surface area contributed by atoms with Gasteiger partial charge in [-0.1, -0.05) is 28.6 Å². The van der Waals surface area contributed by atoms with Crippen LogP contribution in [0.25, 0.3) is 17.1 Å². The number of nitrogens with zero attached hydrogens (tertiary/aromatic N) is 3. The van der Waals surface area contributed by atoms with E-state index in [0.717, 1.165) is 11.7 Å². The monoisotopic (exact) mass is 454 g/mol. The molecule has 1 aromatic carbocycles. The number of halogens is 4. The minimum absolute atomic E-state index is 0.214. The Bertz CT molecular complexity index is 1150. The summed E-state index contributed by atoms with van der Waals surface area (Å²) in [4.78, 5) is 29.3. The number of amides is 1. The third-order valence-electron chi connectivity index (χ3n) is 3.98. The Kier molecular flexibility index (Phi) is 5.16. The second-order valence-electron chi connectivity index (χ2n) is 6.07. The van der Waals surface area contributed by atoms with Crippen molar-refractivity contribution in [3.63, 3.8) is 0 Å². The number of benzene rings is 1. The fourth-order valence-corrected chi connectivity index (χ4v) is 3.17. The van der Waals surface area contributed by atoms with E-state index in [-0.39, 0.29) is 5.56 Å². The van der Waals surface area contributed by atoms with Gasteiger partial charge in [-0.3, -0.25) is 9.59 Å². The van der Waals surface area contributed by atoms with Crippen LogP contribution in [-0.4, -0.2) is 26.2 Å². The van der Waals surface area contributed by atoms with Crippen molar-refractivity contribution in [2.24, 2.45) is 7.05 Å². The number of hydrogen-bond acceptors (Lipinski definition) is 3. The van der Waals surface area contributed by atoms with Gasteiger partial charge in [0.05, 0.1) is 17.5 Å². The van der Waals surface area contributed by atoms with E-state index in [1.165, 1.54) is 12.1 Å². The Morgan fingerprint density at radius 1 is 1.36 bits per heavy atom. The second kappa shape index (κ2) is 7.27. The van der Waals surface area contributed by atoms with Crippen LogP contribution in [0.1, 0.15) is 15.9 Å². The van der Waals surface area contributed by atoms with Crippen LogP contribution >= 0.6 is 15.9 Å². The van der Waals surface area contributed by atoms with Crippen molar-refractivity contribution in [3.8, 4) is 0 Å². The van der Waals surface area contributed by atoms with Gasteiger partial charge >= 0.3 is 6.18 Å². The van der Waals surface area contributed by atoms with Crippen molar-refractivity contribution in [1.82, 2.24) is 14.1 Å². The van der Waals surface area contributed by atoms with Gasteiger partial charge in [0.1, 0.15) is 17.6 Å². The highest BCUT2D eigenvalue weighted by Gasteiger charge is 2.29. The maximum atomic E-state index is 12.8. The number of carbonyl (C=O) groups is 1. The maximum Gasteiger partial charge on any atom is 0.406 e.